The Hall–Kier alpha value is -3.81. The summed E-state index contributed by atoms with van der Waals surface area (Å²) in [7, 11) is 0. The maximum absolute atomic E-state index is 13.1. The molecule has 1 aromatic heterocycles. The Morgan fingerprint density at radius 3 is 2.53 bits per heavy atom. The Morgan fingerprint density at radius 1 is 1.13 bits per heavy atom. The van der Waals surface area contributed by atoms with Gasteiger partial charge in [-0.25, -0.2) is 14.2 Å². The summed E-state index contributed by atoms with van der Waals surface area (Å²) in [5.41, 5.74) is 1.30. The lowest BCUT2D eigenvalue weighted by Crippen LogP contribution is -2.27. The summed E-state index contributed by atoms with van der Waals surface area (Å²) in [6.45, 7) is 5.41. The van der Waals surface area contributed by atoms with E-state index in [0.29, 0.717) is 27.7 Å². The number of aromatic carboxylic acids is 1. The van der Waals surface area contributed by atoms with Crippen LogP contribution >= 0.6 is 0 Å². The number of carboxylic acid groups (broad SMARTS) is 1. The molecule has 0 saturated carbocycles. The lowest BCUT2D eigenvalue weighted by atomic mass is 9.99. The molecule has 0 aliphatic carbocycles. The van der Waals surface area contributed by atoms with E-state index in [9.17, 15) is 24.6 Å². The number of hydrogen-bond donors (Lipinski definition) is 3. The number of carboxylic acids is 1. The summed E-state index contributed by atoms with van der Waals surface area (Å²) >= 11 is 0. The number of rotatable bonds is 2. The number of aromatic nitrogens is 1. The smallest absolute Gasteiger partial charge is 0.419 e. The molecule has 3 N–H and O–H groups in total. The van der Waals surface area contributed by atoms with Crippen molar-refractivity contribution in [3.63, 3.8) is 0 Å². The van der Waals surface area contributed by atoms with Crippen LogP contribution in [0.4, 0.5) is 4.79 Å². The van der Waals surface area contributed by atoms with Crippen molar-refractivity contribution in [1.29, 1.82) is 0 Å². The molecule has 3 aromatic rings. The van der Waals surface area contributed by atoms with Crippen LogP contribution in [0.15, 0.2) is 36.4 Å². The zero-order valence-electron chi connectivity index (χ0n) is 16.6. The first-order chi connectivity index (χ1) is 14.1. The third-order valence-electron chi connectivity index (χ3n) is 4.84. The summed E-state index contributed by atoms with van der Waals surface area (Å²) in [6, 6.07) is 9.07. The molecule has 1 amide bonds. The maximum Gasteiger partial charge on any atom is 0.419 e. The number of nitrogens with zero attached hydrogens (tertiary/aromatic N) is 1. The number of hydrogen-bond acceptors (Lipinski definition) is 5. The molecule has 1 aliphatic heterocycles. The first-order valence-electron chi connectivity index (χ1n) is 9.32. The van der Waals surface area contributed by atoms with Gasteiger partial charge in [-0.3, -0.25) is 4.79 Å². The molecule has 2 aromatic carbocycles. The van der Waals surface area contributed by atoms with E-state index >= 15 is 0 Å². The fraction of sp³-hybridized carbons (Fsp3) is 0.227. The van der Waals surface area contributed by atoms with Crippen LogP contribution in [0.1, 0.15) is 47.1 Å². The average Bonchev–Trinajstić information content (AvgIpc) is 3.22. The molecule has 0 saturated heterocycles. The van der Waals surface area contributed by atoms with E-state index in [1.54, 1.807) is 32.9 Å². The molecule has 8 nitrogen and oxygen atoms in total. The predicted octanol–water partition coefficient (Wildman–Crippen LogP) is 3.74. The largest absolute Gasteiger partial charge is 0.508 e. The lowest BCUT2D eigenvalue weighted by Gasteiger charge is -2.21. The molecular weight excluding hydrogens is 388 g/mol. The highest BCUT2D eigenvalue weighted by Crippen LogP contribution is 2.37. The zero-order valence-corrected chi connectivity index (χ0v) is 16.6. The number of phenolic OH excluding ortho intramolecular Hbond substituents is 1. The SMILES string of the molecule is CC(C)(C)OC(=O)n1c(-c2ccc(O)c3c2C(=O)NC3)cc2cc(C(=O)O)ccc21. The van der Waals surface area contributed by atoms with Gasteiger partial charge in [-0.1, -0.05) is 0 Å². The number of benzene rings is 2. The average molecular weight is 408 g/mol. The van der Waals surface area contributed by atoms with Gasteiger partial charge in [0.05, 0.1) is 22.3 Å². The minimum absolute atomic E-state index is 0.0137. The minimum atomic E-state index is -1.09. The molecule has 0 spiro atoms. The maximum atomic E-state index is 13.1. The number of fused-ring (bicyclic) bond motifs is 2. The topological polar surface area (TPSA) is 118 Å². The molecule has 0 fully saturated rings. The molecule has 30 heavy (non-hydrogen) atoms. The fourth-order valence-electron chi connectivity index (χ4n) is 3.60. The van der Waals surface area contributed by atoms with Crippen LogP contribution < -0.4 is 5.32 Å². The van der Waals surface area contributed by atoms with Crippen molar-refractivity contribution in [1.82, 2.24) is 9.88 Å². The lowest BCUT2D eigenvalue weighted by molar-refractivity contribution is 0.0546. The third-order valence-corrected chi connectivity index (χ3v) is 4.84. The number of nitrogens with one attached hydrogen (secondary N) is 1. The summed E-state index contributed by atoms with van der Waals surface area (Å²) in [4.78, 5) is 36.9. The number of phenols is 1. The van der Waals surface area contributed by atoms with Crippen LogP contribution in [0.2, 0.25) is 0 Å². The predicted molar refractivity (Wildman–Crippen MR) is 109 cm³/mol. The second-order valence-corrected chi connectivity index (χ2v) is 8.09. The van der Waals surface area contributed by atoms with Crippen LogP contribution in [0, 0.1) is 0 Å². The highest BCUT2D eigenvalue weighted by molar-refractivity contribution is 6.08. The first kappa shape index (κ1) is 19.5. The van der Waals surface area contributed by atoms with Gasteiger partial charge >= 0.3 is 12.1 Å². The monoisotopic (exact) mass is 408 g/mol. The second kappa shape index (κ2) is 6.62. The third kappa shape index (κ3) is 3.16. The number of amides is 1. The normalized spacial score (nSPS) is 13.2. The summed E-state index contributed by atoms with van der Waals surface area (Å²) in [6.07, 6.45) is -0.657. The summed E-state index contributed by atoms with van der Waals surface area (Å²) in [5.74, 6) is -1.46. The molecular formula is C22H20N2O6. The number of ether oxygens (including phenoxy) is 1. The van der Waals surface area contributed by atoms with Crippen LogP contribution in [-0.2, 0) is 11.3 Å². The first-order valence-corrected chi connectivity index (χ1v) is 9.32. The van der Waals surface area contributed by atoms with E-state index in [2.05, 4.69) is 5.32 Å². The Labute approximate surface area is 171 Å². The zero-order chi connectivity index (χ0) is 21.8. The number of aromatic hydroxyl groups is 1. The minimum Gasteiger partial charge on any atom is -0.508 e. The van der Waals surface area contributed by atoms with Gasteiger partial charge < -0.3 is 20.3 Å². The highest BCUT2D eigenvalue weighted by atomic mass is 16.6. The van der Waals surface area contributed by atoms with Gasteiger partial charge in [-0.05, 0) is 57.2 Å². The molecule has 0 atom stereocenters. The highest BCUT2D eigenvalue weighted by Gasteiger charge is 2.30. The molecule has 154 valence electrons. The van der Waals surface area contributed by atoms with Gasteiger partial charge in [0.1, 0.15) is 11.4 Å². The Balaban J connectivity index is 2.01. The molecule has 4 rings (SSSR count). The van der Waals surface area contributed by atoms with E-state index in [1.165, 1.54) is 28.8 Å². The van der Waals surface area contributed by atoms with Gasteiger partial charge in [-0.2, -0.15) is 0 Å². The summed E-state index contributed by atoms with van der Waals surface area (Å²) in [5, 5.41) is 22.6. The quantitative estimate of drug-likeness (QED) is 0.595. The van der Waals surface area contributed by atoms with E-state index in [1.807, 2.05) is 0 Å². The van der Waals surface area contributed by atoms with Crippen LogP contribution in [0.5, 0.6) is 5.75 Å². The fourth-order valence-corrected chi connectivity index (χ4v) is 3.60. The standard InChI is InChI=1S/C22H20N2O6/c1-22(2,3)30-21(29)24-15-6-4-11(20(27)28)8-12(15)9-16(24)13-5-7-17(25)14-10-23-19(26)18(13)14/h4-9,25H,10H2,1-3H3,(H,23,26)(H,27,28). The van der Waals surface area contributed by atoms with Gasteiger partial charge in [0, 0.05) is 23.1 Å². The van der Waals surface area contributed by atoms with E-state index in [-0.39, 0.29) is 29.3 Å². The molecule has 8 heteroatoms. The van der Waals surface area contributed by atoms with E-state index in [4.69, 9.17) is 4.74 Å². The van der Waals surface area contributed by atoms with Crippen molar-refractivity contribution < 1.29 is 29.3 Å². The molecule has 0 radical (unpaired) electrons. The van der Waals surface area contributed by atoms with Crippen molar-refractivity contribution in [2.45, 2.75) is 32.9 Å². The van der Waals surface area contributed by atoms with Gasteiger partial charge in [0.2, 0.25) is 0 Å². The number of carbonyl (C=O) groups excluding carboxylic acids is 2. The molecule has 1 aliphatic rings. The van der Waals surface area contributed by atoms with Crippen molar-refractivity contribution in [2.24, 2.45) is 0 Å². The van der Waals surface area contributed by atoms with Crippen LogP contribution in [0.3, 0.4) is 0 Å². The van der Waals surface area contributed by atoms with Crippen molar-refractivity contribution >= 4 is 28.9 Å². The number of carbonyl (C=O) groups is 3. The Kier molecular flexibility index (Phi) is 4.30. The van der Waals surface area contributed by atoms with Gasteiger partial charge in [0.15, 0.2) is 0 Å². The van der Waals surface area contributed by atoms with E-state index in [0.717, 1.165) is 0 Å². The van der Waals surface area contributed by atoms with Crippen LogP contribution in [-0.4, -0.2) is 38.4 Å². The van der Waals surface area contributed by atoms with Crippen LogP contribution in [0.25, 0.3) is 22.2 Å². The van der Waals surface area contributed by atoms with Gasteiger partial charge in [0.25, 0.3) is 5.91 Å². The molecule has 0 unspecified atom stereocenters. The molecule has 0 bridgehead atoms. The van der Waals surface area contributed by atoms with E-state index < -0.39 is 17.7 Å². The molecule has 2 heterocycles. The Morgan fingerprint density at radius 2 is 1.87 bits per heavy atom. The van der Waals surface area contributed by atoms with Crippen molar-refractivity contribution in [3.8, 4) is 17.0 Å². The summed E-state index contributed by atoms with van der Waals surface area (Å²) < 4.78 is 6.88. The van der Waals surface area contributed by atoms with Gasteiger partial charge in [-0.15, -0.1) is 0 Å². The van der Waals surface area contributed by atoms with Crippen molar-refractivity contribution in [3.05, 3.63) is 53.1 Å². The second-order valence-electron chi connectivity index (χ2n) is 8.09. The van der Waals surface area contributed by atoms with Crippen molar-refractivity contribution in [2.75, 3.05) is 0 Å². The Bertz CT molecular complexity index is 1230.